The average Bonchev–Trinajstić information content (AvgIpc) is 3.17. The minimum absolute atomic E-state index is 0.238. The summed E-state index contributed by atoms with van der Waals surface area (Å²) in [5.41, 5.74) is 4.66. The number of imidazole rings is 1. The van der Waals surface area contributed by atoms with Gasteiger partial charge in [0, 0.05) is 25.2 Å². The number of aryl methyl sites for hydroxylation is 1. The molecule has 0 aliphatic heterocycles. The second kappa shape index (κ2) is 8.78. The molecular formula is C24H23FN4O. The van der Waals surface area contributed by atoms with Crippen molar-refractivity contribution in [1.29, 1.82) is 0 Å². The Morgan fingerprint density at radius 1 is 1.03 bits per heavy atom. The highest BCUT2D eigenvalue weighted by atomic mass is 19.1. The van der Waals surface area contributed by atoms with E-state index in [1.807, 2.05) is 55.5 Å². The monoisotopic (exact) mass is 402 g/mol. The van der Waals surface area contributed by atoms with Crippen molar-refractivity contribution in [2.75, 3.05) is 11.9 Å². The first-order chi connectivity index (χ1) is 14.6. The largest absolute Gasteiger partial charge is 0.342 e. The van der Waals surface area contributed by atoms with Gasteiger partial charge in [-0.1, -0.05) is 42.0 Å². The molecule has 152 valence electrons. The SMILES string of the molecule is Cc1ccc(CN(CCc2nc3ccccc3[nH]2)C(=O)Nc2ccc(F)cc2)cc1. The third-order valence-corrected chi connectivity index (χ3v) is 4.93. The topological polar surface area (TPSA) is 61.0 Å². The maximum atomic E-state index is 13.2. The average molecular weight is 402 g/mol. The maximum absolute atomic E-state index is 13.2. The zero-order valence-electron chi connectivity index (χ0n) is 16.7. The van der Waals surface area contributed by atoms with Gasteiger partial charge in [-0.25, -0.2) is 14.2 Å². The molecule has 4 aromatic rings. The predicted molar refractivity (Wildman–Crippen MR) is 117 cm³/mol. The highest BCUT2D eigenvalue weighted by molar-refractivity contribution is 5.89. The maximum Gasteiger partial charge on any atom is 0.322 e. The zero-order chi connectivity index (χ0) is 20.9. The van der Waals surface area contributed by atoms with Gasteiger partial charge in [-0.05, 0) is 48.9 Å². The number of benzene rings is 3. The number of urea groups is 1. The van der Waals surface area contributed by atoms with Gasteiger partial charge in [0.2, 0.25) is 0 Å². The van der Waals surface area contributed by atoms with Crippen LogP contribution in [0.3, 0.4) is 0 Å². The van der Waals surface area contributed by atoms with Crippen LogP contribution in [0.25, 0.3) is 11.0 Å². The summed E-state index contributed by atoms with van der Waals surface area (Å²) in [5, 5.41) is 2.85. The molecule has 0 atom stereocenters. The summed E-state index contributed by atoms with van der Waals surface area (Å²) in [6.07, 6.45) is 0.595. The highest BCUT2D eigenvalue weighted by Gasteiger charge is 2.15. The van der Waals surface area contributed by atoms with E-state index in [1.54, 1.807) is 17.0 Å². The molecular weight excluding hydrogens is 379 g/mol. The highest BCUT2D eigenvalue weighted by Crippen LogP contribution is 2.14. The minimum atomic E-state index is -0.339. The van der Waals surface area contributed by atoms with Crippen molar-refractivity contribution in [3.05, 3.63) is 95.6 Å². The molecule has 0 fully saturated rings. The van der Waals surface area contributed by atoms with Gasteiger partial charge < -0.3 is 15.2 Å². The van der Waals surface area contributed by atoms with E-state index in [2.05, 4.69) is 15.3 Å². The summed E-state index contributed by atoms with van der Waals surface area (Å²) in [6, 6.07) is 21.5. The number of aromatic nitrogens is 2. The molecule has 0 spiro atoms. The Hall–Kier alpha value is -3.67. The molecule has 0 unspecified atom stereocenters. The molecule has 0 aliphatic carbocycles. The van der Waals surface area contributed by atoms with Crippen molar-refractivity contribution in [2.45, 2.75) is 19.9 Å². The standard InChI is InChI=1S/C24H23FN4O/c1-17-6-8-18(9-7-17)16-29(24(30)26-20-12-10-19(25)11-13-20)15-14-23-27-21-4-2-3-5-22(21)28-23/h2-13H,14-16H2,1H3,(H,26,30)(H,27,28). The molecule has 1 heterocycles. The lowest BCUT2D eigenvalue weighted by molar-refractivity contribution is 0.209. The summed E-state index contributed by atoms with van der Waals surface area (Å²) < 4.78 is 13.2. The second-order valence-corrected chi connectivity index (χ2v) is 7.29. The molecule has 0 bridgehead atoms. The van der Waals surface area contributed by atoms with Gasteiger partial charge in [0.1, 0.15) is 11.6 Å². The molecule has 5 nitrogen and oxygen atoms in total. The Labute approximate surface area is 174 Å². The van der Waals surface area contributed by atoms with Crippen LogP contribution in [0.15, 0.2) is 72.8 Å². The Kier molecular flexibility index (Phi) is 5.75. The molecule has 0 saturated carbocycles. The van der Waals surface area contributed by atoms with E-state index in [9.17, 15) is 9.18 Å². The number of carbonyl (C=O) groups is 1. The van der Waals surface area contributed by atoms with Crippen LogP contribution in [0.1, 0.15) is 17.0 Å². The van der Waals surface area contributed by atoms with E-state index in [0.717, 1.165) is 22.4 Å². The predicted octanol–water partition coefficient (Wildman–Crippen LogP) is 5.29. The fraction of sp³-hybridized carbons (Fsp3) is 0.167. The smallest absolute Gasteiger partial charge is 0.322 e. The molecule has 1 aromatic heterocycles. The number of anilines is 1. The molecule has 30 heavy (non-hydrogen) atoms. The molecule has 4 rings (SSSR count). The summed E-state index contributed by atoms with van der Waals surface area (Å²) >= 11 is 0. The van der Waals surface area contributed by atoms with Crippen molar-refractivity contribution in [3.63, 3.8) is 0 Å². The number of nitrogens with one attached hydrogen (secondary N) is 2. The van der Waals surface area contributed by atoms with E-state index in [0.29, 0.717) is 25.2 Å². The van der Waals surface area contributed by atoms with E-state index < -0.39 is 0 Å². The number of carbonyl (C=O) groups excluding carboxylic acids is 1. The molecule has 0 saturated heterocycles. The van der Waals surface area contributed by atoms with Crippen molar-refractivity contribution in [2.24, 2.45) is 0 Å². The third-order valence-electron chi connectivity index (χ3n) is 4.93. The molecule has 6 heteroatoms. The van der Waals surface area contributed by atoms with Gasteiger partial charge in [0.15, 0.2) is 0 Å². The summed E-state index contributed by atoms with van der Waals surface area (Å²) in [5.74, 6) is 0.495. The van der Waals surface area contributed by atoms with Crippen LogP contribution < -0.4 is 5.32 Å². The Morgan fingerprint density at radius 3 is 2.50 bits per heavy atom. The number of hydrogen-bond acceptors (Lipinski definition) is 2. The van der Waals surface area contributed by atoms with Gasteiger partial charge in [-0.15, -0.1) is 0 Å². The van der Waals surface area contributed by atoms with Crippen molar-refractivity contribution in [1.82, 2.24) is 14.9 Å². The fourth-order valence-electron chi connectivity index (χ4n) is 3.27. The van der Waals surface area contributed by atoms with Gasteiger partial charge in [0.25, 0.3) is 0 Å². The minimum Gasteiger partial charge on any atom is -0.342 e. The lowest BCUT2D eigenvalue weighted by atomic mass is 10.1. The van der Waals surface area contributed by atoms with E-state index >= 15 is 0 Å². The number of para-hydroxylation sites is 2. The molecule has 0 radical (unpaired) electrons. The van der Waals surface area contributed by atoms with Crippen LogP contribution in [0.5, 0.6) is 0 Å². The summed E-state index contributed by atoms with van der Waals surface area (Å²) in [6.45, 7) is 2.98. The number of hydrogen-bond donors (Lipinski definition) is 2. The van der Waals surface area contributed by atoms with Crippen molar-refractivity contribution >= 4 is 22.8 Å². The first-order valence-electron chi connectivity index (χ1n) is 9.87. The van der Waals surface area contributed by atoms with Gasteiger partial charge >= 0.3 is 6.03 Å². The zero-order valence-corrected chi connectivity index (χ0v) is 16.7. The second-order valence-electron chi connectivity index (χ2n) is 7.29. The quantitative estimate of drug-likeness (QED) is 0.460. The van der Waals surface area contributed by atoms with E-state index in [1.165, 1.54) is 17.7 Å². The number of fused-ring (bicyclic) bond motifs is 1. The van der Waals surface area contributed by atoms with Gasteiger partial charge in [-0.3, -0.25) is 0 Å². The lowest BCUT2D eigenvalue weighted by Crippen LogP contribution is -2.36. The van der Waals surface area contributed by atoms with Crippen molar-refractivity contribution < 1.29 is 9.18 Å². The van der Waals surface area contributed by atoms with Gasteiger partial charge in [-0.2, -0.15) is 0 Å². The molecule has 2 N–H and O–H groups in total. The Balaban J connectivity index is 1.49. The fourth-order valence-corrected chi connectivity index (χ4v) is 3.27. The van der Waals surface area contributed by atoms with Crippen molar-refractivity contribution in [3.8, 4) is 0 Å². The molecule has 3 aromatic carbocycles. The normalized spacial score (nSPS) is 10.9. The number of aromatic amines is 1. The van der Waals surface area contributed by atoms with E-state index in [4.69, 9.17) is 0 Å². The molecule has 2 amide bonds. The summed E-state index contributed by atoms with van der Waals surface area (Å²) in [4.78, 5) is 22.6. The van der Waals surface area contributed by atoms with E-state index in [-0.39, 0.29) is 11.8 Å². The first kappa shape index (κ1) is 19.6. The number of halogens is 1. The first-order valence-corrected chi connectivity index (χ1v) is 9.87. The van der Waals surface area contributed by atoms with Gasteiger partial charge in [0.05, 0.1) is 11.0 Å². The molecule has 0 aliphatic rings. The number of rotatable bonds is 6. The third kappa shape index (κ3) is 4.84. The Bertz CT molecular complexity index is 1100. The van der Waals surface area contributed by atoms with Crippen LogP contribution in [0.2, 0.25) is 0 Å². The van der Waals surface area contributed by atoms with Crippen LogP contribution >= 0.6 is 0 Å². The lowest BCUT2D eigenvalue weighted by Gasteiger charge is -2.23. The number of amides is 2. The van der Waals surface area contributed by atoms with Crippen LogP contribution in [0.4, 0.5) is 14.9 Å². The van der Waals surface area contributed by atoms with Crippen LogP contribution in [-0.2, 0) is 13.0 Å². The Morgan fingerprint density at radius 2 is 1.77 bits per heavy atom. The summed E-state index contributed by atoms with van der Waals surface area (Å²) in [7, 11) is 0. The number of nitrogens with zero attached hydrogens (tertiary/aromatic N) is 2. The number of H-pyrrole nitrogens is 1. The van der Waals surface area contributed by atoms with Crippen LogP contribution in [0, 0.1) is 12.7 Å². The van der Waals surface area contributed by atoms with Crippen LogP contribution in [-0.4, -0.2) is 27.4 Å².